The van der Waals surface area contributed by atoms with Gasteiger partial charge in [0.2, 0.25) is 0 Å². The van der Waals surface area contributed by atoms with E-state index in [1.54, 1.807) is 0 Å². The molecule has 0 radical (unpaired) electrons. The first-order chi connectivity index (χ1) is 6.33. The van der Waals surface area contributed by atoms with Crippen molar-refractivity contribution in [3.8, 4) is 0 Å². The Morgan fingerprint density at radius 3 is 2.69 bits per heavy atom. The van der Waals surface area contributed by atoms with Crippen LogP contribution in [0.25, 0.3) is 0 Å². The smallest absolute Gasteiger partial charge is 0.0664 e. The van der Waals surface area contributed by atoms with Crippen LogP contribution in [0.4, 0.5) is 0 Å². The minimum absolute atomic E-state index is 0.113. The highest BCUT2D eigenvalue weighted by molar-refractivity contribution is 4.81. The van der Waals surface area contributed by atoms with Gasteiger partial charge in [0, 0.05) is 12.6 Å². The van der Waals surface area contributed by atoms with Gasteiger partial charge < -0.3 is 10.4 Å². The largest absolute Gasteiger partial charge is 0.392 e. The molecule has 78 valence electrons. The Kier molecular flexibility index (Phi) is 5.40. The normalized spacial score (nSPS) is 18.9. The molecule has 0 aliphatic heterocycles. The molecule has 2 N–H and O–H groups in total. The Hall–Kier alpha value is -0.0800. The summed E-state index contributed by atoms with van der Waals surface area (Å²) in [5.74, 6) is 0. The topological polar surface area (TPSA) is 32.3 Å². The number of aliphatic hydroxyl groups is 1. The summed E-state index contributed by atoms with van der Waals surface area (Å²) in [7, 11) is 0. The molecule has 0 aromatic heterocycles. The molecular formula is C11H23NO. The minimum atomic E-state index is -0.113. The molecule has 0 heterocycles. The molecule has 1 rings (SSSR count). The molecule has 1 unspecified atom stereocenters. The van der Waals surface area contributed by atoms with Gasteiger partial charge in [-0.1, -0.05) is 32.6 Å². The van der Waals surface area contributed by atoms with Crippen LogP contribution in [0.2, 0.25) is 0 Å². The lowest BCUT2D eigenvalue weighted by atomic mass is 10.1. The van der Waals surface area contributed by atoms with Crippen LogP contribution in [0, 0.1) is 0 Å². The molecular weight excluding hydrogens is 162 g/mol. The second kappa shape index (κ2) is 6.39. The summed E-state index contributed by atoms with van der Waals surface area (Å²) in [6, 6.07) is 0.727. The van der Waals surface area contributed by atoms with E-state index in [4.69, 9.17) is 0 Å². The average Bonchev–Trinajstić information content (AvgIpc) is 2.92. The Morgan fingerprint density at radius 2 is 2.08 bits per heavy atom. The van der Waals surface area contributed by atoms with Gasteiger partial charge in [-0.05, 0) is 19.3 Å². The third-order valence-corrected chi connectivity index (χ3v) is 2.61. The lowest BCUT2D eigenvalue weighted by Gasteiger charge is -2.10. The average molecular weight is 185 g/mol. The Bertz CT molecular complexity index is 123. The summed E-state index contributed by atoms with van der Waals surface area (Å²) in [5.41, 5.74) is 0. The van der Waals surface area contributed by atoms with Crippen LogP contribution in [0.1, 0.15) is 51.9 Å². The molecule has 1 saturated carbocycles. The van der Waals surface area contributed by atoms with E-state index in [1.807, 2.05) is 0 Å². The Balaban J connectivity index is 1.81. The van der Waals surface area contributed by atoms with E-state index in [9.17, 15) is 5.11 Å². The molecule has 0 bridgehead atoms. The summed E-state index contributed by atoms with van der Waals surface area (Å²) >= 11 is 0. The molecule has 0 saturated heterocycles. The van der Waals surface area contributed by atoms with Crippen LogP contribution >= 0.6 is 0 Å². The highest BCUT2D eigenvalue weighted by atomic mass is 16.3. The number of aliphatic hydroxyl groups excluding tert-OH is 1. The van der Waals surface area contributed by atoms with Gasteiger partial charge in [0.1, 0.15) is 0 Å². The van der Waals surface area contributed by atoms with Crippen molar-refractivity contribution in [1.29, 1.82) is 0 Å². The van der Waals surface area contributed by atoms with Gasteiger partial charge in [-0.15, -0.1) is 0 Å². The van der Waals surface area contributed by atoms with Crippen LogP contribution in [-0.2, 0) is 0 Å². The van der Waals surface area contributed by atoms with Crippen molar-refractivity contribution < 1.29 is 5.11 Å². The van der Waals surface area contributed by atoms with Crippen LogP contribution in [0.5, 0.6) is 0 Å². The van der Waals surface area contributed by atoms with Gasteiger partial charge in [-0.2, -0.15) is 0 Å². The van der Waals surface area contributed by atoms with Gasteiger partial charge in [0.15, 0.2) is 0 Å². The number of rotatable bonds is 8. The van der Waals surface area contributed by atoms with E-state index in [2.05, 4.69) is 12.2 Å². The molecule has 2 heteroatoms. The van der Waals surface area contributed by atoms with E-state index in [0.29, 0.717) is 0 Å². The third-order valence-electron chi connectivity index (χ3n) is 2.61. The maximum atomic E-state index is 9.56. The standard InChI is InChI=1S/C11H23NO/c1-2-3-4-5-6-11(13)9-12-10-7-8-10/h10-13H,2-9H2,1H3. The predicted molar refractivity (Wildman–Crippen MR) is 55.8 cm³/mol. The second-order valence-electron chi connectivity index (χ2n) is 4.19. The van der Waals surface area contributed by atoms with Crippen molar-refractivity contribution in [3.63, 3.8) is 0 Å². The molecule has 1 fully saturated rings. The van der Waals surface area contributed by atoms with Gasteiger partial charge in [0.05, 0.1) is 6.10 Å². The van der Waals surface area contributed by atoms with Crippen molar-refractivity contribution in [1.82, 2.24) is 5.32 Å². The predicted octanol–water partition coefficient (Wildman–Crippen LogP) is 2.07. The molecule has 1 aliphatic carbocycles. The SMILES string of the molecule is CCCCCCC(O)CNC1CC1. The van der Waals surface area contributed by atoms with Crippen LogP contribution < -0.4 is 5.32 Å². The van der Waals surface area contributed by atoms with Crippen molar-refractivity contribution in [2.24, 2.45) is 0 Å². The van der Waals surface area contributed by atoms with Crippen molar-refractivity contribution >= 4 is 0 Å². The highest BCUT2D eigenvalue weighted by Crippen LogP contribution is 2.18. The zero-order valence-electron chi connectivity index (χ0n) is 8.76. The van der Waals surface area contributed by atoms with Crippen LogP contribution in [-0.4, -0.2) is 23.8 Å². The van der Waals surface area contributed by atoms with Gasteiger partial charge in [-0.25, -0.2) is 0 Å². The maximum Gasteiger partial charge on any atom is 0.0664 e. The maximum absolute atomic E-state index is 9.56. The number of nitrogens with one attached hydrogen (secondary N) is 1. The van der Waals surface area contributed by atoms with Crippen molar-refractivity contribution in [2.75, 3.05) is 6.54 Å². The van der Waals surface area contributed by atoms with Gasteiger partial charge in [-0.3, -0.25) is 0 Å². The fraction of sp³-hybridized carbons (Fsp3) is 1.00. The molecule has 13 heavy (non-hydrogen) atoms. The summed E-state index contributed by atoms with van der Waals surface area (Å²) in [6.07, 6.45) is 8.51. The highest BCUT2D eigenvalue weighted by Gasteiger charge is 2.20. The fourth-order valence-electron chi connectivity index (χ4n) is 1.50. The number of unbranched alkanes of at least 4 members (excludes halogenated alkanes) is 3. The van der Waals surface area contributed by atoms with Crippen molar-refractivity contribution in [3.05, 3.63) is 0 Å². The lowest BCUT2D eigenvalue weighted by Crippen LogP contribution is -2.28. The first-order valence-corrected chi connectivity index (χ1v) is 5.74. The summed E-state index contributed by atoms with van der Waals surface area (Å²) in [6.45, 7) is 3.02. The quantitative estimate of drug-likeness (QED) is 0.567. The molecule has 0 amide bonds. The van der Waals surface area contributed by atoms with Gasteiger partial charge >= 0.3 is 0 Å². The summed E-state index contributed by atoms with van der Waals surface area (Å²) in [4.78, 5) is 0. The number of hydrogen-bond acceptors (Lipinski definition) is 2. The van der Waals surface area contributed by atoms with Crippen LogP contribution in [0.15, 0.2) is 0 Å². The first-order valence-electron chi connectivity index (χ1n) is 5.74. The molecule has 1 aliphatic rings. The van der Waals surface area contributed by atoms with E-state index in [1.165, 1.54) is 38.5 Å². The molecule has 1 atom stereocenters. The zero-order chi connectivity index (χ0) is 9.52. The Morgan fingerprint density at radius 1 is 1.31 bits per heavy atom. The summed E-state index contributed by atoms with van der Waals surface area (Å²) in [5, 5.41) is 12.9. The van der Waals surface area contributed by atoms with E-state index < -0.39 is 0 Å². The second-order valence-corrected chi connectivity index (χ2v) is 4.19. The minimum Gasteiger partial charge on any atom is -0.392 e. The number of hydrogen-bond donors (Lipinski definition) is 2. The first kappa shape index (κ1) is 11.0. The molecule has 0 spiro atoms. The lowest BCUT2D eigenvalue weighted by molar-refractivity contribution is 0.157. The van der Waals surface area contributed by atoms with Crippen molar-refractivity contribution in [2.45, 2.75) is 64.0 Å². The summed E-state index contributed by atoms with van der Waals surface area (Å²) < 4.78 is 0. The molecule has 0 aromatic carbocycles. The third kappa shape index (κ3) is 6.05. The molecule has 2 nitrogen and oxygen atoms in total. The van der Waals surface area contributed by atoms with E-state index >= 15 is 0 Å². The monoisotopic (exact) mass is 185 g/mol. The molecule has 0 aromatic rings. The van der Waals surface area contributed by atoms with Gasteiger partial charge in [0.25, 0.3) is 0 Å². The van der Waals surface area contributed by atoms with E-state index in [0.717, 1.165) is 19.0 Å². The van der Waals surface area contributed by atoms with Crippen LogP contribution in [0.3, 0.4) is 0 Å². The van der Waals surface area contributed by atoms with E-state index in [-0.39, 0.29) is 6.10 Å². The Labute approximate surface area is 81.7 Å². The fourth-order valence-corrected chi connectivity index (χ4v) is 1.50. The zero-order valence-corrected chi connectivity index (χ0v) is 8.76.